The number of pyridine rings is 1. The number of aromatic nitrogens is 1. The minimum atomic E-state index is 0.676. The van der Waals surface area contributed by atoms with Crippen LogP contribution in [0, 0.1) is 0 Å². The zero-order valence-corrected chi connectivity index (χ0v) is 11.1. The number of nitrogen functional groups attached to an aromatic ring is 1. The Kier molecular flexibility index (Phi) is 4.05. The van der Waals surface area contributed by atoms with E-state index >= 15 is 0 Å². The summed E-state index contributed by atoms with van der Waals surface area (Å²) in [5.74, 6) is 0. The van der Waals surface area contributed by atoms with Crippen molar-refractivity contribution < 1.29 is 0 Å². The molecular formula is C14H16ClN3. The molecule has 0 saturated heterocycles. The summed E-state index contributed by atoms with van der Waals surface area (Å²) in [6, 6.07) is 9.83. The van der Waals surface area contributed by atoms with Gasteiger partial charge in [0.2, 0.25) is 0 Å². The molecule has 0 spiro atoms. The standard InChI is InChI=1S/C14H16ClN3/c1-2-18(14-7-8-17-9-13(14)15)10-11-3-5-12(16)6-4-11/h3-9H,2,10,16H2,1H3. The van der Waals surface area contributed by atoms with Crippen LogP contribution in [0.3, 0.4) is 0 Å². The minimum absolute atomic E-state index is 0.676. The van der Waals surface area contributed by atoms with E-state index in [0.29, 0.717) is 5.02 Å². The third-order valence-corrected chi connectivity index (χ3v) is 3.12. The van der Waals surface area contributed by atoms with Gasteiger partial charge in [0.25, 0.3) is 0 Å². The lowest BCUT2D eigenvalue weighted by Gasteiger charge is -2.24. The zero-order chi connectivity index (χ0) is 13.0. The van der Waals surface area contributed by atoms with Crippen LogP contribution < -0.4 is 10.6 Å². The van der Waals surface area contributed by atoms with Crippen LogP contribution >= 0.6 is 11.6 Å². The second-order valence-electron chi connectivity index (χ2n) is 4.08. The lowest BCUT2D eigenvalue weighted by Crippen LogP contribution is -2.22. The predicted molar refractivity (Wildman–Crippen MR) is 76.8 cm³/mol. The van der Waals surface area contributed by atoms with Gasteiger partial charge in [0, 0.05) is 31.2 Å². The average molecular weight is 262 g/mol. The third-order valence-electron chi connectivity index (χ3n) is 2.83. The van der Waals surface area contributed by atoms with Crippen LogP contribution in [0.5, 0.6) is 0 Å². The van der Waals surface area contributed by atoms with Gasteiger partial charge in [0.05, 0.1) is 10.7 Å². The lowest BCUT2D eigenvalue weighted by atomic mass is 10.2. The van der Waals surface area contributed by atoms with Gasteiger partial charge >= 0.3 is 0 Å². The Balaban J connectivity index is 2.20. The van der Waals surface area contributed by atoms with Gasteiger partial charge in [-0.15, -0.1) is 0 Å². The molecule has 0 aliphatic heterocycles. The van der Waals surface area contributed by atoms with Crippen LogP contribution in [0.1, 0.15) is 12.5 Å². The number of halogens is 1. The van der Waals surface area contributed by atoms with Crippen molar-refractivity contribution in [3.8, 4) is 0 Å². The van der Waals surface area contributed by atoms with E-state index in [9.17, 15) is 0 Å². The van der Waals surface area contributed by atoms with Crippen molar-refractivity contribution in [1.82, 2.24) is 4.98 Å². The average Bonchev–Trinajstić information content (AvgIpc) is 2.39. The summed E-state index contributed by atoms with van der Waals surface area (Å²) in [7, 11) is 0. The monoisotopic (exact) mass is 261 g/mol. The molecule has 1 heterocycles. The third kappa shape index (κ3) is 2.93. The number of rotatable bonds is 4. The van der Waals surface area contributed by atoms with Crippen LogP contribution in [-0.2, 0) is 6.54 Å². The molecule has 0 aliphatic carbocycles. The maximum atomic E-state index is 6.17. The van der Waals surface area contributed by atoms with E-state index < -0.39 is 0 Å². The van der Waals surface area contributed by atoms with Gasteiger partial charge in [-0.3, -0.25) is 4.98 Å². The fourth-order valence-corrected chi connectivity index (χ4v) is 2.07. The van der Waals surface area contributed by atoms with E-state index in [0.717, 1.165) is 24.5 Å². The van der Waals surface area contributed by atoms with E-state index in [2.05, 4.69) is 16.8 Å². The second-order valence-corrected chi connectivity index (χ2v) is 4.49. The summed E-state index contributed by atoms with van der Waals surface area (Å²) in [5.41, 5.74) is 8.68. The topological polar surface area (TPSA) is 42.1 Å². The predicted octanol–water partition coefficient (Wildman–Crippen LogP) is 3.34. The quantitative estimate of drug-likeness (QED) is 0.859. The minimum Gasteiger partial charge on any atom is -0.399 e. The molecule has 2 N–H and O–H groups in total. The number of hydrogen-bond acceptors (Lipinski definition) is 3. The molecule has 1 aromatic carbocycles. The molecule has 2 aromatic rings. The van der Waals surface area contributed by atoms with Gasteiger partial charge in [-0.25, -0.2) is 0 Å². The van der Waals surface area contributed by atoms with E-state index in [-0.39, 0.29) is 0 Å². The first-order chi connectivity index (χ1) is 8.70. The molecule has 0 unspecified atom stereocenters. The Hall–Kier alpha value is -1.74. The maximum Gasteiger partial charge on any atom is 0.0822 e. The Morgan fingerprint density at radius 2 is 1.94 bits per heavy atom. The van der Waals surface area contributed by atoms with Crippen molar-refractivity contribution in [3.05, 3.63) is 53.3 Å². The highest BCUT2D eigenvalue weighted by Gasteiger charge is 2.08. The lowest BCUT2D eigenvalue weighted by molar-refractivity contribution is 0.831. The first kappa shape index (κ1) is 12.7. The first-order valence-electron chi connectivity index (χ1n) is 5.89. The molecule has 3 nitrogen and oxygen atoms in total. The molecule has 4 heteroatoms. The molecule has 0 amide bonds. The van der Waals surface area contributed by atoms with Crippen molar-refractivity contribution >= 4 is 23.0 Å². The summed E-state index contributed by atoms with van der Waals surface area (Å²) in [6.07, 6.45) is 3.43. The van der Waals surface area contributed by atoms with Crippen LogP contribution in [0.4, 0.5) is 11.4 Å². The molecule has 0 atom stereocenters. The van der Waals surface area contributed by atoms with Gasteiger partial charge in [-0.2, -0.15) is 0 Å². The highest BCUT2D eigenvalue weighted by atomic mass is 35.5. The Bertz CT molecular complexity index is 511. The van der Waals surface area contributed by atoms with Gasteiger partial charge in [0.15, 0.2) is 0 Å². The Labute approximate surface area is 112 Å². The second kappa shape index (κ2) is 5.74. The number of benzene rings is 1. The van der Waals surface area contributed by atoms with Crippen LogP contribution in [0.2, 0.25) is 5.02 Å². The van der Waals surface area contributed by atoms with Crippen LogP contribution in [0.25, 0.3) is 0 Å². The van der Waals surface area contributed by atoms with Gasteiger partial charge in [-0.1, -0.05) is 23.7 Å². The smallest absolute Gasteiger partial charge is 0.0822 e. The highest BCUT2D eigenvalue weighted by molar-refractivity contribution is 6.33. The molecule has 1 aromatic heterocycles. The van der Waals surface area contributed by atoms with Crippen molar-refractivity contribution in [2.45, 2.75) is 13.5 Å². The Morgan fingerprint density at radius 1 is 1.22 bits per heavy atom. The molecule has 0 saturated carbocycles. The van der Waals surface area contributed by atoms with Gasteiger partial charge in [0.1, 0.15) is 0 Å². The number of nitrogens with two attached hydrogens (primary N) is 1. The molecule has 0 bridgehead atoms. The maximum absolute atomic E-state index is 6.17. The summed E-state index contributed by atoms with van der Waals surface area (Å²) in [6.45, 7) is 3.79. The molecule has 2 rings (SSSR count). The Morgan fingerprint density at radius 3 is 2.56 bits per heavy atom. The van der Waals surface area contributed by atoms with Crippen molar-refractivity contribution in [3.63, 3.8) is 0 Å². The largest absolute Gasteiger partial charge is 0.399 e. The zero-order valence-electron chi connectivity index (χ0n) is 10.3. The fraction of sp³-hybridized carbons (Fsp3) is 0.214. The molecule has 18 heavy (non-hydrogen) atoms. The summed E-state index contributed by atoms with van der Waals surface area (Å²) < 4.78 is 0. The number of nitrogens with zero attached hydrogens (tertiary/aromatic N) is 2. The van der Waals surface area contributed by atoms with E-state index in [1.54, 1.807) is 12.4 Å². The molecule has 0 fully saturated rings. The van der Waals surface area contributed by atoms with Crippen LogP contribution in [-0.4, -0.2) is 11.5 Å². The normalized spacial score (nSPS) is 10.3. The SMILES string of the molecule is CCN(Cc1ccc(N)cc1)c1ccncc1Cl. The first-order valence-corrected chi connectivity index (χ1v) is 6.27. The summed E-state index contributed by atoms with van der Waals surface area (Å²) in [4.78, 5) is 6.21. The molecule has 94 valence electrons. The molecule has 0 radical (unpaired) electrons. The number of anilines is 2. The van der Waals surface area contributed by atoms with E-state index in [4.69, 9.17) is 17.3 Å². The van der Waals surface area contributed by atoms with E-state index in [1.165, 1.54) is 5.56 Å². The van der Waals surface area contributed by atoms with Crippen molar-refractivity contribution in [1.29, 1.82) is 0 Å². The number of hydrogen-bond donors (Lipinski definition) is 1. The summed E-state index contributed by atoms with van der Waals surface area (Å²) in [5, 5.41) is 0.676. The highest BCUT2D eigenvalue weighted by Crippen LogP contribution is 2.25. The summed E-state index contributed by atoms with van der Waals surface area (Å²) >= 11 is 6.17. The fourth-order valence-electron chi connectivity index (χ4n) is 1.84. The van der Waals surface area contributed by atoms with E-state index in [1.807, 2.05) is 30.3 Å². The molecule has 0 aliphatic rings. The van der Waals surface area contributed by atoms with Crippen LogP contribution in [0.15, 0.2) is 42.7 Å². The van der Waals surface area contributed by atoms with Gasteiger partial charge < -0.3 is 10.6 Å². The van der Waals surface area contributed by atoms with Crippen molar-refractivity contribution in [2.24, 2.45) is 0 Å². The molecular weight excluding hydrogens is 246 g/mol. The van der Waals surface area contributed by atoms with Gasteiger partial charge in [-0.05, 0) is 30.7 Å². The van der Waals surface area contributed by atoms with Crippen molar-refractivity contribution in [2.75, 3.05) is 17.2 Å².